The summed E-state index contributed by atoms with van der Waals surface area (Å²) in [4.78, 5) is 0. The van der Waals surface area contributed by atoms with Crippen molar-refractivity contribution in [3.63, 3.8) is 0 Å². The average molecular weight is 262 g/mol. The number of para-hydroxylation sites is 1. The molecule has 104 valence electrons. The third-order valence-electron chi connectivity index (χ3n) is 4.68. The van der Waals surface area contributed by atoms with E-state index in [0.717, 1.165) is 37.9 Å². The van der Waals surface area contributed by atoms with E-state index in [9.17, 15) is 10.2 Å². The van der Waals surface area contributed by atoms with Crippen molar-refractivity contribution in [3.05, 3.63) is 29.8 Å². The molecule has 2 aliphatic rings. The van der Waals surface area contributed by atoms with Crippen LogP contribution in [0.4, 0.5) is 0 Å². The predicted molar refractivity (Wildman–Crippen MR) is 73.3 cm³/mol. The van der Waals surface area contributed by atoms with Gasteiger partial charge in [0.2, 0.25) is 0 Å². The van der Waals surface area contributed by atoms with Gasteiger partial charge in [-0.1, -0.05) is 31.0 Å². The number of aliphatic hydroxyl groups excluding tert-OH is 1. The number of fused-ring (bicyclic) bond motifs is 1. The Morgan fingerprint density at radius 3 is 2.79 bits per heavy atom. The van der Waals surface area contributed by atoms with Gasteiger partial charge in [0.1, 0.15) is 5.75 Å². The Labute approximate surface area is 114 Å². The second-order valence-electron chi connectivity index (χ2n) is 5.93. The van der Waals surface area contributed by atoms with Crippen LogP contribution in [0.1, 0.15) is 50.0 Å². The normalized spacial score (nSPS) is 26.5. The molecular weight excluding hydrogens is 240 g/mol. The highest BCUT2D eigenvalue weighted by Crippen LogP contribution is 2.40. The molecule has 0 aromatic heterocycles. The van der Waals surface area contributed by atoms with Crippen LogP contribution < -0.4 is 4.74 Å². The van der Waals surface area contributed by atoms with Crippen molar-refractivity contribution in [2.24, 2.45) is 0 Å². The van der Waals surface area contributed by atoms with Crippen LogP contribution >= 0.6 is 0 Å². The Morgan fingerprint density at radius 2 is 2.00 bits per heavy atom. The van der Waals surface area contributed by atoms with Crippen molar-refractivity contribution >= 4 is 0 Å². The predicted octanol–water partition coefficient (Wildman–Crippen LogP) is 2.61. The molecule has 0 spiro atoms. The standard InChI is InChI=1S/C16H22O3/c17-15(16(18)8-3-4-9-16)11-12-7-10-19-14-6-2-1-5-13(12)14/h1-2,5-6,12,15,17-18H,3-4,7-11H2. The first-order valence-corrected chi connectivity index (χ1v) is 7.31. The van der Waals surface area contributed by atoms with Crippen molar-refractivity contribution in [2.75, 3.05) is 6.61 Å². The highest BCUT2D eigenvalue weighted by molar-refractivity contribution is 5.37. The van der Waals surface area contributed by atoms with Gasteiger partial charge in [-0.3, -0.25) is 0 Å². The second kappa shape index (κ2) is 5.14. The van der Waals surface area contributed by atoms with Gasteiger partial charge >= 0.3 is 0 Å². The van der Waals surface area contributed by atoms with E-state index in [-0.39, 0.29) is 0 Å². The molecule has 19 heavy (non-hydrogen) atoms. The fraction of sp³-hybridized carbons (Fsp3) is 0.625. The van der Waals surface area contributed by atoms with Gasteiger partial charge in [0.15, 0.2) is 0 Å². The Balaban J connectivity index is 1.74. The minimum atomic E-state index is -0.854. The molecule has 2 atom stereocenters. The molecule has 0 radical (unpaired) electrons. The molecule has 1 aromatic carbocycles. The Morgan fingerprint density at radius 1 is 1.26 bits per heavy atom. The summed E-state index contributed by atoms with van der Waals surface area (Å²) in [6, 6.07) is 8.04. The van der Waals surface area contributed by atoms with Gasteiger partial charge in [-0.15, -0.1) is 0 Å². The van der Waals surface area contributed by atoms with Crippen LogP contribution in [0, 0.1) is 0 Å². The summed E-state index contributed by atoms with van der Waals surface area (Å²) in [6.45, 7) is 0.701. The smallest absolute Gasteiger partial charge is 0.122 e. The molecule has 3 heteroatoms. The molecule has 2 unspecified atom stereocenters. The van der Waals surface area contributed by atoms with Crippen LogP contribution in [0.3, 0.4) is 0 Å². The summed E-state index contributed by atoms with van der Waals surface area (Å²) < 4.78 is 5.64. The summed E-state index contributed by atoms with van der Waals surface area (Å²) >= 11 is 0. The molecule has 1 aliphatic carbocycles. The molecule has 2 N–H and O–H groups in total. The molecule has 1 aliphatic heterocycles. The topological polar surface area (TPSA) is 49.7 Å². The number of hydrogen-bond acceptors (Lipinski definition) is 3. The lowest BCUT2D eigenvalue weighted by Crippen LogP contribution is -2.40. The monoisotopic (exact) mass is 262 g/mol. The Kier molecular flexibility index (Phi) is 3.50. The molecular formula is C16H22O3. The second-order valence-corrected chi connectivity index (χ2v) is 5.93. The summed E-state index contributed by atoms with van der Waals surface area (Å²) in [7, 11) is 0. The zero-order valence-electron chi connectivity index (χ0n) is 11.2. The molecule has 1 fully saturated rings. The van der Waals surface area contributed by atoms with Gasteiger partial charge in [0.25, 0.3) is 0 Å². The third-order valence-corrected chi connectivity index (χ3v) is 4.68. The summed E-state index contributed by atoms with van der Waals surface area (Å²) in [5.74, 6) is 1.23. The van der Waals surface area contributed by atoms with Gasteiger partial charge < -0.3 is 14.9 Å². The number of rotatable bonds is 3. The molecule has 0 bridgehead atoms. The van der Waals surface area contributed by atoms with Crippen molar-refractivity contribution in [2.45, 2.75) is 56.1 Å². The van der Waals surface area contributed by atoms with Gasteiger partial charge in [-0.05, 0) is 43.2 Å². The van der Waals surface area contributed by atoms with E-state index in [1.165, 1.54) is 5.56 Å². The molecule has 1 aromatic rings. The lowest BCUT2D eigenvalue weighted by molar-refractivity contribution is -0.0765. The highest BCUT2D eigenvalue weighted by atomic mass is 16.5. The quantitative estimate of drug-likeness (QED) is 0.880. The summed E-state index contributed by atoms with van der Waals surface area (Å²) in [5.41, 5.74) is 0.321. The molecule has 0 saturated heterocycles. The maximum Gasteiger partial charge on any atom is 0.122 e. The van der Waals surface area contributed by atoms with Crippen LogP contribution in [-0.4, -0.2) is 28.5 Å². The van der Waals surface area contributed by atoms with Crippen LogP contribution in [0.15, 0.2) is 24.3 Å². The first-order chi connectivity index (χ1) is 9.19. The van der Waals surface area contributed by atoms with Crippen molar-refractivity contribution < 1.29 is 14.9 Å². The van der Waals surface area contributed by atoms with Crippen LogP contribution in [-0.2, 0) is 0 Å². The fourth-order valence-electron chi connectivity index (χ4n) is 3.47. The van der Waals surface area contributed by atoms with E-state index in [1.54, 1.807) is 0 Å². The SMILES string of the molecule is OC(CC1CCOc2ccccc21)C1(O)CCCC1. The van der Waals surface area contributed by atoms with Crippen molar-refractivity contribution in [1.29, 1.82) is 0 Å². The van der Waals surface area contributed by atoms with E-state index in [4.69, 9.17) is 4.74 Å². The minimum Gasteiger partial charge on any atom is -0.493 e. The van der Waals surface area contributed by atoms with Crippen LogP contribution in [0.25, 0.3) is 0 Å². The van der Waals surface area contributed by atoms with Gasteiger partial charge in [0.05, 0.1) is 18.3 Å². The number of benzene rings is 1. The molecule has 3 nitrogen and oxygen atoms in total. The molecule has 0 amide bonds. The van der Waals surface area contributed by atoms with Crippen LogP contribution in [0.2, 0.25) is 0 Å². The lowest BCUT2D eigenvalue weighted by Gasteiger charge is -2.33. The summed E-state index contributed by atoms with van der Waals surface area (Å²) in [5, 5.41) is 20.9. The Bertz CT molecular complexity index is 437. The van der Waals surface area contributed by atoms with Gasteiger partial charge in [0, 0.05) is 0 Å². The van der Waals surface area contributed by atoms with E-state index in [0.29, 0.717) is 18.9 Å². The molecule has 3 rings (SSSR count). The zero-order chi connectivity index (χ0) is 13.3. The van der Waals surface area contributed by atoms with Gasteiger partial charge in [-0.2, -0.15) is 0 Å². The van der Waals surface area contributed by atoms with E-state index in [2.05, 4.69) is 6.07 Å². The van der Waals surface area contributed by atoms with E-state index < -0.39 is 11.7 Å². The molecule has 1 heterocycles. The lowest BCUT2D eigenvalue weighted by atomic mass is 9.82. The largest absolute Gasteiger partial charge is 0.493 e. The highest BCUT2D eigenvalue weighted by Gasteiger charge is 2.40. The number of ether oxygens (including phenoxy) is 1. The third kappa shape index (κ3) is 2.49. The van der Waals surface area contributed by atoms with Gasteiger partial charge in [-0.25, -0.2) is 0 Å². The average Bonchev–Trinajstić information content (AvgIpc) is 2.87. The van der Waals surface area contributed by atoms with Crippen molar-refractivity contribution in [1.82, 2.24) is 0 Å². The molecule has 1 saturated carbocycles. The number of aliphatic hydroxyl groups is 2. The fourth-order valence-corrected chi connectivity index (χ4v) is 3.47. The van der Waals surface area contributed by atoms with Crippen LogP contribution in [0.5, 0.6) is 5.75 Å². The van der Waals surface area contributed by atoms with E-state index in [1.807, 2.05) is 18.2 Å². The number of hydrogen-bond donors (Lipinski definition) is 2. The van der Waals surface area contributed by atoms with E-state index >= 15 is 0 Å². The first-order valence-electron chi connectivity index (χ1n) is 7.31. The Hall–Kier alpha value is -1.06. The van der Waals surface area contributed by atoms with Crippen molar-refractivity contribution in [3.8, 4) is 5.75 Å². The maximum atomic E-state index is 10.5. The maximum absolute atomic E-state index is 10.5. The zero-order valence-corrected chi connectivity index (χ0v) is 11.2. The first kappa shape index (κ1) is 12.9. The minimum absolute atomic E-state index is 0.296. The summed E-state index contributed by atoms with van der Waals surface area (Å²) in [6.07, 6.45) is 4.46.